The molecule has 0 spiro atoms. The van der Waals surface area contributed by atoms with Crippen molar-refractivity contribution in [3.05, 3.63) is 90.5 Å². The normalized spacial score (nSPS) is 10.9. The van der Waals surface area contributed by atoms with Crippen LogP contribution < -0.4 is 25.6 Å². The number of hydrogen-bond donors (Lipinski definition) is 3. The predicted molar refractivity (Wildman–Crippen MR) is 173 cm³/mol. The number of pyridine rings is 1. The van der Waals surface area contributed by atoms with E-state index in [1.807, 2.05) is 91.9 Å². The molecule has 0 aliphatic rings. The van der Waals surface area contributed by atoms with Gasteiger partial charge in [0, 0.05) is 58.4 Å². The second kappa shape index (κ2) is 13.0. The van der Waals surface area contributed by atoms with Gasteiger partial charge in [-0.05, 0) is 61.0 Å². The molecule has 4 aromatic carbocycles. The van der Waals surface area contributed by atoms with Crippen LogP contribution in [0.2, 0.25) is 0 Å². The maximum absolute atomic E-state index is 12.9. The SMILES string of the molecule is COc1cccc2c(Nc3ccc(C)c(NC(=O)Nc4ccc(N(CCCl)CCCl)cc4)c3)c3ccccc3nc12. The van der Waals surface area contributed by atoms with Gasteiger partial charge in [-0.1, -0.05) is 36.4 Å². The standard InChI is InChI=1S/C32H31Cl2N5O2/c1-21-10-11-23(35-30-25-6-3-4-8-27(25)37-31-26(30)7-5-9-29(31)41-2)20-28(21)38-32(40)36-22-12-14-24(15-13-22)39(18-16-33)19-17-34/h3-15,20H,16-19H2,1-2H3,(H,35,37)(H2,36,38,40). The molecule has 0 aliphatic carbocycles. The number of carbonyl (C=O) groups excluding carboxylic acids is 1. The Morgan fingerprint density at radius 3 is 2.29 bits per heavy atom. The number of halogens is 2. The van der Waals surface area contributed by atoms with E-state index >= 15 is 0 Å². The van der Waals surface area contributed by atoms with Crippen molar-refractivity contribution in [1.82, 2.24) is 4.98 Å². The van der Waals surface area contributed by atoms with Crippen LogP contribution in [0, 0.1) is 6.92 Å². The van der Waals surface area contributed by atoms with Gasteiger partial charge in [-0.2, -0.15) is 0 Å². The lowest BCUT2D eigenvalue weighted by Crippen LogP contribution is -2.27. The van der Waals surface area contributed by atoms with E-state index in [-0.39, 0.29) is 6.03 Å². The van der Waals surface area contributed by atoms with Crippen molar-refractivity contribution in [1.29, 1.82) is 0 Å². The minimum absolute atomic E-state index is 0.332. The largest absolute Gasteiger partial charge is 0.494 e. The van der Waals surface area contributed by atoms with Crippen LogP contribution in [0.15, 0.2) is 84.9 Å². The Balaban J connectivity index is 1.37. The molecule has 210 valence electrons. The number of para-hydroxylation sites is 2. The lowest BCUT2D eigenvalue weighted by atomic mass is 10.1. The summed E-state index contributed by atoms with van der Waals surface area (Å²) < 4.78 is 5.59. The second-order valence-corrected chi connectivity index (χ2v) is 10.3. The minimum Gasteiger partial charge on any atom is -0.494 e. The lowest BCUT2D eigenvalue weighted by molar-refractivity contribution is 0.262. The number of aromatic nitrogens is 1. The number of rotatable bonds is 10. The predicted octanol–water partition coefficient (Wildman–Crippen LogP) is 8.38. The molecule has 9 heteroatoms. The molecule has 1 heterocycles. The molecule has 41 heavy (non-hydrogen) atoms. The van der Waals surface area contributed by atoms with Gasteiger partial charge < -0.3 is 25.6 Å². The molecule has 0 atom stereocenters. The van der Waals surface area contributed by atoms with Crippen LogP contribution >= 0.6 is 23.2 Å². The third kappa shape index (κ3) is 6.42. The summed E-state index contributed by atoms with van der Waals surface area (Å²) in [6, 6.07) is 27.1. The molecule has 0 fully saturated rings. The smallest absolute Gasteiger partial charge is 0.323 e. The average molecular weight is 589 g/mol. The van der Waals surface area contributed by atoms with Gasteiger partial charge in [-0.25, -0.2) is 9.78 Å². The summed E-state index contributed by atoms with van der Waals surface area (Å²) in [6.07, 6.45) is 0. The van der Waals surface area contributed by atoms with Gasteiger partial charge >= 0.3 is 6.03 Å². The van der Waals surface area contributed by atoms with E-state index in [4.69, 9.17) is 32.9 Å². The highest BCUT2D eigenvalue weighted by atomic mass is 35.5. The van der Waals surface area contributed by atoms with Gasteiger partial charge in [0.15, 0.2) is 0 Å². The number of nitrogens with one attached hydrogen (secondary N) is 3. The molecule has 2 amide bonds. The first-order valence-corrected chi connectivity index (χ1v) is 14.4. The van der Waals surface area contributed by atoms with E-state index in [0.717, 1.165) is 44.4 Å². The number of fused-ring (bicyclic) bond motifs is 2. The number of aryl methyl sites for hydroxylation is 1. The third-order valence-electron chi connectivity index (χ3n) is 6.85. The van der Waals surface area contributed by atoms with Crippen LogP contribution in [0.25, 0.3) is 21.8 Å². The van der Waals surface area contributed by atoms with Crippen molar-refractivity contribution in [2.75, 3.05) is 52.8 Å². The number of benzene rings is 4. The topological polar surface area (TPSA) is 78.5 Å². The number of alkyl halides is 2. The van der Waals surface area contributed by atoms with E-state index in [9.17, 15) is 4.79 Å². The van der Waals surface area contributed by atoms with Crippen molar-refractivity contribution >= 4 is 79.5 Å². The summed E-state index contributed by atoms with van der Waals surface area (Å²) in [5.74, 6) is 1.72. The zero-order valence-corrected chi connectivity index (χ0v) is 24.4. The van der Waals surface area contributed by atoms with Crippen LogP contribution in [-0.4, -0.2) is 43.0 Å². The first kappa shape index (κ1) is 28.3. The number of methoxy groups -OCH3 is 1. The van der Waals surface area contributed by atoms with E-state index in [1.54, 1.807) is 7.11 Å². The van der Waals surface area contributed by atoms with E-state index in [0.29, 0.717) is 42.0 Å². The fraction of sp³-hybridized carbons (Fsp3) is 0.188. The van der Waals surface area contributed by atoms with Crippen molar-refractivity contribution in [2.24, 2.45) is 0 Å². The fourth-order valence-corrected chi connectivity index (χ4v) is 5.19. The molecule has 0 saturated carbocycles. The molecule has 5 rings (SSSR count). The highest BCUT2D eigenvalue weighted by Crippen LogP contribution is 2.37. The summed E-state index contributed by atoms with van der Waals surface area (Å²) in [5, 5.41) is 11.4. The molecule has 5 aromatic rings. The number of nitrogens with zero attached hydrogens (tertiary/aromatic N) is 2. The maximum atomic E-state index is 12.9. The molecule has 0 unspecified atom stereocenters. The van der Waals surface area contributed by atoms with Crippen LogP contribution in [0.5, 0.6) is 5.75 Å². The number of amides is 2. The Bertz CT molecular complexity index is 1670. The average Bonchev–Trinajstić information content (AvgIpc) is 2.98. The monoisotopic (exact) mass is 587 g/mol. The number of hydrogen-bond acceptors (Lipinski definition) is 5. The van der Waals surface area contributed by atoms with E-state index in [1.165, 1.54) is 0 Å². The highest BCUT2D eigenvalue weighted by Gasteiger charge is 2.14. The Kier molecular flexibility index (Phi) is 8.97. The first-order chi connectivity index (χ1) is 20.0. The summed E-state index contributed by atoms with van der Waals surface area (Å²) >= 11 is 11.9. The van der Waals surface area contributed by atoms with Gasteiger partial charge in [0.1, 0.15) is 11.3 Å². The Labute approximate surface area is 249 Å². The van der Waals surface area contributed by atoms with Gasteiger partial charge in [-0.15, -0.1) is 23.2 Å². The van der Waals surface area contributed by atoms with Gasteiger partial charge in [0.25, 0.3) is 0 Å². The minimum atomic E-state index is -0.332. The Morgan fingerprint density at radius 2 is 1.56 bits per heavy atom. The number of urea groups is 1. The zero-order chi connectivity index (χ0) is 28.8. The zero-order valence-electron chi connectivity index (χ0n) is 22.9. The van der Waals surface area contributed by atoms with Crippen molar-refractivity contribution in [3.8, 4) is 5.75 Å². The Hall–Kier alpha value is -4.20. The van der Waals surface area contributed by atoms with Crippen molar-refractivity contribution in [3.63, 3.8) is 0 Å². The lowest BCUT2D eigenvalue weighted by Gasteiger charge is -2.23. The van der Waals surface area contributed by atoms with Crippen LogP contribution in [-0.2, 0) is 0 Å². The van der Waals surface area contributed by atoms with E-state index in [2.05, 4.69) is 20.9 Å². The Morgan fingerprint density at radius 1 is 0.854 bits per heavy atom. The molecule has 0 aliphatic heterocycles. The molecule has 7 nitrogen and oxygen atoms in total. The first-order valence-electron chi connectivity index (χ1n) is 13.3. The summed E-state index contributed by atoms with van der Waals surface area (Å²) in [5.41, 5.74) is 6.69. The fourth-order valence-electron chi connectivity index (χ4n) is 4.78. The van der Waals surface area contributed by atoms with Crippen molar-refractivity contribution < 1.29 is 9.53 Å². The molecule has 0 bridgehead atoms. The van der Waals surface area contributed by atoms with Crippen molar-refractivity contribution in [2.45, 2.75) is 6.92 Å². The molecule has 0 saturated heterocycles. The van der Waals surface area contributed by atoms with Crippen LogP contribution in [0.4, 0.5) is 33.2 Å². The maximum Gasteiger partial charge on any atom is 0.323 e. The highest BCUT2D eigenvalue weighted by molar-refractivity contribution is 6.18. The van der Waals surface area contributed by atoms with Crippen LogP contribution in [0.1, 0.15) is 5.56 Å². The van der Waals surface area contributed by atoms with Crippen LogP contribution in [0.3, 0.4) is 0 Å². The summed E-state index contributed by atoms with van der Waals surface area (Å²) in [6.45, 7) is 3.35. The van der Waals surface area contributed by atoms with Gasteiger partial charge in [0.2, 0.25) is 0 Å². The molecular formula is C32H31Cl2N5O2. The van der Waals surface area contributed by atoms with E-state index < -0.39 is 0 Å². The number of carbonyl (C=O) groups is 1. The third-order valence-corrected chi connectivity index (χ3v) is 7.19. The molecule has 3 N–H and O–H groups in total. The van der Waals surface area contributed by atoms with Gasteiger partial charge in [-0.3, -0.25) is 0 Å². The molecular weight excluding hydrogens is 557 g/mol. The quantitative estimate of drug-likeness (QED) is 0.113. The summed E-state index contributed by atoms with van der Waals surface area (Å²) in [4.78, 5) is 19.9. The van der Waals surface area contributed by atoms with Gasteiger partial charge in [0.05, 0.1) is 18.3 Å². The second-order valence-electron chi connectivity index (χ2n) is 9.51. The number of anilines is 5. The molecule has 0 radical (unpaired) electrons. The number of ether oxygens (including phenoxy) is 1. The molecule has 1 aromatic heterocycles. The summed E-state index contributed by atoms with van der Waals surface area (Å²) in [7, 11) is 1.65.